The Labute approximate surface area is 168 Å². The van der Waals surface area contributed by atoms with E-state index in [1.807, 2.05) is 31.2 Å². The van der Waals surface area contributed by atoms with E-state index in [-0.39, 0.29) is 24.8 Å². The third kappa shape index (κ3) is 5.64. The molecule has 1 fully saturated rings. The van der Waals surface area contributed by atoms with Crippen molar-refractivity contribution in [3.63, 3.8) is 0 Å². The second-order valence-corrected chi connectivity index (χ2v) is 8.30. The molecule has 1 atom stereocenters. The van der Waals surface area contributed by atoms with E-state index in [2.05, 4.69) is 5.32 Å². The average molecular weight is 407 g/mol. The van der Waals surface area contributed by atoms with Crippen LogP contribution in [0.2, 0.25) is 0 Å². The van der Waals surface area contributed by atoms with Crippen LogP contribution in [-0.4, -0.2) is 44.7 Å². The van der Waals surface area contributed by atoms with Gasteiger partial charge >= 0.3 is 5.97 Å². The van der Waals surface area contributed by atoms with Gasteiger partial charge in [0.15, 0.2) is 0 Å². The summed E-state index contributed by atoms with van der Waals surface area (Å²) in [5, 5.41) is 11.6. The van der Waals surface area contributed by atoms with Gasteiger partial charge in [0.25, 0.3) is 5.91 Å². The molecule has 1 heterocycles. The molecule has 144 valence electrons. The lowest BCUT2D eigenvalue weighted by Crippen LogP contribution is -2.45. The Hall–Kier alpha value is -2.19. The molecule has 0 aliphatic carbocycles. The van der Waals surface area contributed by atoms with E-state index in [1.54, 1.807) is 19.9 Å². The molecule has 27 heavy (non-hydrogen) atoms. The Morgan fingerprint density at radius 2 is 1.93 bits per heavy atom. The Morgan fingerprint density at radius 1 is 1.30 bits per heavy atom. The minimum Gasteiger partial charge on any atom is -0.480 e. The van der Waals surface area contributed by atoms with Crippen LogP contribution in [0.3, 0.4) is 0 Å². The van der Waals surface area contributed by atoms with E-state index < -0.39 is 17.9 Å². The lowest BCUT2D eigenvalue weighted by atomic mass is 10.0. The van der Waals surface area contributed by atoms with Crippen LogP contribution in [0.25, 0.3) is 6.08 Å². The largest absolute Gasteiger partial charge is 0.480 e. The lowest BCUT2D eigenvalue weighted by Gasteiger charge is -2.19. The number of carboxylic acids is 1. The first-order valence-corrected chi connectivity index (χ1v) is 9.75. The number of hydrogen-bond acceptors (Lipinski definition) is 5. The molecule has 0 saturated carbocycles. The number of aryl methyl sites for hydroxylation is 1. The van der Waals surface area contributed by atoms with Crippen LogP contribution in [-0.2, 0) is 14.4 Å². The van der Waals surface area contributed by atoms with Crippen molar-refractivity contribution in [1.29, 1.82) is 0 Å². The number of hydrogen-bond donors (Lipinski definition) is 2. The van der Waals surface area contributed by atoms with Crippen LogP contribution in [0.5, 0.6) is 0 Å². The highest BCUT2D eigenvalue weighted by Gasteiger charge is 2.32. The average Bonchev–Trinajstić information content (AvgIpc) is 2.86. The first-order chi connectivity index (χ1) is 12.7. The van der Waals surface area contributed by atoms with Crippen molar-refractivity contribution in [3.8, 4) is 0 Å². The van der Waals surface area contributed by atoms with Crippen molar-refractivity contribution in [2.75, 3.05) is 6.54 Å². The van der Waals surface area contributed by atoms with E-state index in [1.165, 1.54) is 16.7 Å². The zero-order chi connectivity index (χ0) is 20.1. The Morgan fingerprint density at radius 3 is 2.48 bits per heavy atom. The van der Waals surface area contributed by atoms with Gasteiger partial charge in [-0.25, -0.2) is 4.79 Å². The number of carbonyl (C=O) groups excluding carboxylic acids is 2. The number of benzene rings is 1. The van der Waals surface area contributed by atoms with E-state index >= 15 is 0 Å². The molecule has 8 heteroatoms. The summed E-state index contributed by atoms with van der Waals surface area (Å²) in [6, 6.07) is 6.82. The molecule has 1 aliphatic heterocycles. The number of aliphatic carboxylic acids is 1. The number of thiocarbonyl (C=S) groups is 1. The minimum absolute atomic E-state index is 0.0131. The fraction of sp³-hybridized carbons (Fsp3) is 0.368. The highest BCUT2D eigenvalue weighted by Crippen LogP contribution is 2.32. The van der Waals surface area contributed by atoms with Crippen molar-refractivity contribution in [2.45, 2.75) is 33.2 Å². The lowest BCUT2D eigenvalue weighted by molar-refractivity contribution is -0.143. The predicted molar refractivity (Wildman–Crippen MR) is 110 cm³/mol. The molecule has 0 spiro atoms. The maximum absolute atomic E-state index is 12.6. The summed E-state index contributed by atoms with van der Waals surface area (Å²) >= 11 is 6.46. The molecular formula is C19H22N2O4S2. The first-order valence-electron chi connectivity index (χ1n) is 8.53. The van der Waals surface area contributed by atoms with E-state index in [9.17, 15) is 14.4 Å². The van der Waals surface area contributed by atoms with Crippen molar-refractivity contribution >= 4 is 52.2 Å². The summed E-state index contributed by atoms with van der Waals surface area (Å²) in [5.41, 5.74) is 2.03. The molecule has 1 saturated heterocycles. The molecule has 2 amide bonds. The van der Waals surface area contributed by atoms with Gasteiger partial charge in [-0.05, 0) is 24.5 Å². The summed E-state index contributed by atoms with van der Waals surface area (Å²) < 4.78 is 0.393. The number of thioether (sulfide) groups is 1. The summed E-state index contributed by atoms with van der Waals surface area (Å²) in [4.78, 5) is 37.7. The highest BCUT2D eigenvalue weighted by molar-refractivity contribution is 8.26. The van der Waals surface area contributed by atoms with Crippen LogP contribution in [0.15, 0.2) is 29.2 Å². The standard InChI is InChI=1S/C19H22N2O4S2/c1-11(2)16(18(24)25)20-15(22)8-9-21-17(23)14(27-19(21)26)10-13-6-4-12(3)5-7-13/h4-7,10-11,16H,8-9H2,1-3H3,(H,20,22)(H,24,25)/b14-10+/t16-/m0/s1. The second kappa shape index (κ2) is 9.14. The number of rotatable bonds is 7. The number of carbonyl (C=O) groups is 3. The van der Waals surface area contributed by atoms with Crippen LogP contribution < -0.4 is 5.32 Å². The van der Waals surface area contributed by atoms with Crippen LogP contribution in [0, 0.1) is 12.8 Å². The number of carboxylic acid groups (broad SMARTS) is 1. The van der Waals surface area contributed by atoms with Gasteiger partial charge in [-0.1, -0.05) is 67.7 Å². The molecule has 1 aromatic carbocycles. The quantitative estimate of drug-likeness (QED) is 0.535. The Balaban J connectivity index is 1.98. The van der Waals surface area contributed by atoms with Crippen molar-refractivity contribution in [1.82, 2.24) is 10.2 Å². The zero-order valence-electron chi connectivity index (χ0n) is 15.4. The molecule has 1 aliphatic rings. The van der Waals surface area contributed by atoms with E-state index in [0.717, 1.165) is 11.1 Å². The normalized spacial score (nSPS) is 16.9. The number of amides is 2. The van der Waals surface area contributed by atoms with E-state index in [0.29, 0.717) is 9.23 Å². The van der Waals surface area contributed by atoms with Gasteiger partial charge in [0.1, 0.15) is 10.4 Å². The molecule has 0 radical (unpaired) electrons. The minimum atomic E-state index is -1.08. The van der Waals surface area contributed by atoms with Gasteiger partial charge < -0.3 is 10.4 Å². The van der Waals surface area contributed by atoms with Crippen molar-refractivity contribution in [2.24, 2.45) is 5.92 Å². The van der Waals surface area contributed by atoms with Gasteiger partial charge in [0.2, 0.25) is 5.91 Å². The second-order valence-electron chi connectivity index (χ2n) is 6.62. The summed E-state index contributed by atoms with van der Waals surface area (Å²) in [5.74, 6) is -1.98. The molecular weight excluding hydrogens is 384 g/mol. The van der Waals surface area contributed by atoms with E-state index in [4.69, 9.17) is 17.3 Å². The third-order valence-corrected chi connectivity index (χ3v) is 5.44. The monoisotopic (exact) mass is 406 g/mol. The molecule has 0 aromatic heterocycles. The molecule has 1 aromatic rings. The summed E-state index contributed by atoms with van der Waals surface area (Å²) in [6.45, 7) is 5.54. The molecule has 0 unspecified atom stereocenters. The highest BCUT2D eigenvalue weighted by atomic mass is 32.2. The van der Waals surface area contributed by atoms with Crippen LogP contribution in [0.4, 0.5) is 0 Å². The fourth-order valence-electron chi connectivity index (χ4n) is 2.48. The summed E-state index contributed by atoms with van der Waals surface area (Å²) in [7, 11) is 0. The maximum Gasteiger partial charge on any atom is 0.326 e. The summed E-state index contributed by atoms with van der Waals surface area (Å²) in [6.07, 6.45) is 1.76. The smallest absolute Gasteiger partial charge is 0.326 e. The maximum atomic E-state index is 12.6. The Kier molecular flexibility index (Phi) is 7.15. The predicted octanol–water partition coefficient (Wildman–Crippen LogP) is 2.81. The molecule has 0 bridgehead atoms. The molecule has 2 N–H and O–H groups in total. The van der Waals surface area contributed by atoms with Crippen molar-refractivity contribution in [3.05, 3.63) is 40.3 Å². The SMILES string of the molecule is Cc1ccc(/C=C2/SC(=S)N(CCC(=O)N[C@H](C(=O)O)C(C)C)C2=O)cc1. The first kappa shape index (κ1) is 21.1. The van der Waals surface area contributed by atoms with Gasteiger partial charge in [-0.15, -0.1) is 0 Å². The Bertz CT molecular complexity index is 787. The van der Waals surface area contributed by atoms with Gasteiger partial charge in [0.05, 0.1) is 4.91 Å². The van der Waals surface area contributed by atoms with Gasteiger partial charge in [-0.2, -0.15) is 0 Å². The van der Waals surface area contributed by atoms with Crippen LogP contribution >= 0.6 is 24.0 Å². The number of nitrogens with zero attached hydrogens (tertiary/aromatic N) is 1. The van der Waals surface area contributed by atoms with Gasteiger partial charge in [0, 0.05) is 13.0 Å². The van der Waals surface area contributed by atoms with Gasteiger partial charge in [-0.3, -0.25) is 14.5 Å². The van der Waals surface area contributed by atoms with Crippen molar-refractivity contribution < 1.29 is 19.5 Å². The topological polar surface area (TPSA) is 86.7 Å². The third-order valence-electron chi connectivity index (χ3n) is 4.06. The van der Waals surface area contributed by atoms with Crippen LogP contribution in [0.1, 0.15) is 31.4 Å². The zero-order valence-corrected chi connectivity index (χ0v) is 17.0. The molecule has 6 nitrogen and oxygen atoms in total. The molecule has 2 rings (SSSR count). The number of nitrogens with one attached hydrogen (secondary N) is 1. The fourth-order valence-corrected chi connectivity index (χ4v) is 3.79.